The largest absolute Gasteiger partial charge is 0.465 e. The lowest BCUT2D eigenvalue weighted by molar-refractivity contribution is 0.0601. The van der Waals surface area contributed by atoms with Gasteiger partial charge in [0.1, 0.15) is 0 Å². The molecule has 0 heterocycles. The average molecular weight is 253 g/mol. The van der Waals surface area contributed by atoms with Gasteiger partial charge in [-0.05, 0) is 19.1 Å². The first kappa shape index (κ1) is 14.5. The maximum atomic E-state index is 11.7. The number of para-hydroxylation sites is 1. The first-order valence-corrected chi connectivity index (χ1v) is 5.81. The van der Waals surface area contributed by atoms with E-state index in [4.69, 9.17) is 9.84 Å². The minimum atomic E-state index is -0.553. The topological polar surface area (TPSA) is 70.0 Å². The number of ether oxygens (including phenoxy) is 1. The van der Waals surface area contributed by atoms with E-state index in [0.717, 1.165) is 0 Å². The Morgan fingerprint density at radius 3 is 2.67 bits per heavy atom. The van der Waals surface area contributed by atoms with Crippen LogP contribution in [-0.2, 0) is 4.74 Å². The van der Waals surface area contributed by atoms with Crippen LogP contribution >= 0.6 is 0 Å². The SMILES string of the molecule is COC(=O)c1ccccc1N(CCO)CC(C)O. The molecule has 0 aliphatic carbocycles. The normalized spacial score (nSPS) is 12.0. The van der Waals surface area contributed by atoms with Crippen molar-refractivity contribution in [3.63, 3.8) is 0 Å². The lowest BCUT2D eigenvalue weighted by Gasteiger charge is -2.26. The van der Waals surface area contributed by atoms with E-state index in [0.29, 0.717) is 24.3 Å². The molecular formula is C13H19NO4. The fourth-order valence-corrected chi connectivity index (χ4v) is 1.78. The summed E-state index contributed by atoms with van der Waals surface area (Å²) in [6, 6.07) is 6.97. The summed E-state index contributed by atoms with van der Waals surface area (Å²) in [4.78, 5) is 13.4. The number of aliphatic hydroxyl groups is 2. The van der Waals surface area contributed by atoms with Gasteiger partial charge >= 0.3 is 5.97 Å². The average Bonchev–Trinajstić information content (AvgIpc) is 2.37. The van der Waals surface area contributed by atoms with Crippen molar-refractivity contribution in [1.82, 2.24) is 0 Å². The molecule has 1 aromatic carbocycles. The lowest BCUT2D eigenvalue weighted by atomic mass is 10.1. The van der Waals surface area contributed by atoms with Gasteiger partial charge in [0.05, 0.1) is 31.1 Å². The summed E-state index contributed by atoms with van der Waals surface area (Å²) in [5.41, 5.74) is 1.08. The van der Waals surface area contributed by atoms with E-state index in [1.165, 1.54) is 7.11 Å². The van der Waals surface area contributed by atoms with Gasteiger partial charge in [0.15, 0.2) is 0 Å². The Hall–Kier alpha value is -1.59. The van der Waals surface area contributed by atoms with Crippen molar-refractivity contribution in [3.05, 3.63) is 29.8 Å². The van der Waals surface area contributed by atoms with Crippen LogP contribution in [0.15, 0.2) is 24.3 Å². The summed E-state index contributed by atoms with van der Waals surface area (Å²) in [5.74, 6) is -0.431. The number of hydrogen-bond donors (Lipinski definition) is 2. The van der Waals surface area contributed by atoms with Gasteiger partial charge in [0.25, 0.3) is 0 Å². The number of nitrogens with zero attached hydrogens (tertiary/aromatic N) is 1. The summed E-state index contributed by atoms with van der Waals surface area (Å²) >= 11 is 0. The van der Waals surface area contributed by atoms with E-state index in [2.05, 4.69) is 0 Å². The highest BCUT2D eigenvalue weighted by atomic mass is 16.5. The Kier molecular flexibility index (Phi) is 5.61. The molecule has 0 spiro atoms. The summed E-state index contributed by atoms with van der Waals surface area (Å²) in [5, 5.41) is 18.5. The molecule has 0 fully saturated rings. The van der Waals surface area contributed by atoms with Crippen LogP contribution < -0.4 is 4.90 Å². The van der Waals surface area contributed by atoms with Crippen molar-refractivity contribution in [3.8, 4) is 0 Å². The summed E-state index contributed by atoms with van der Waals surface area (Å²) in [6.07, 6.45) is -0.553. The molecule has 1 aromatic rings. The first-order chi connectivity index (χ1) is 8.60. The van der Waals surface area contributed by atoms with Gasteiger partial charge in [0.2, 0.25) is 0 Å². The zero-order valence-electron chi connectivity index (χ0n) is 10.7. The van der Waals surface area contributed by atoms with Crippen LogP contribution in [0.3, 0.4) is 0 Å². The predicted octanol–water partition coefficient (Wildman–Crippen LogP) is 0.653. The van der Waals surface area contributed by atoms with Crippen molar-refractivity contribution < 1.29 is 19.7 Å². The monoisotopic (exact) mass is 253 g/mol. The summed E-state index contributed by atoms with van der Waals surface area (Å²) in [6.45, 7) is 2.29. The van der Waals surface area contributed by atoms with Crippen molar-refractivity contribution in [1.29, 1.82) is 0 Å². The number of benzene rings is 1. The molecule has 0 saturated heterocycles. The molecule has 1 unspecified atom stereocenters. The highest BCUT2D eigenvalue weighted by Crippen LogP contribution is 2.21. The maximum Gasteiger partial charge on any atom is 0.339 e. The summed E-state index contributed by atoms with van der Waals surface area (Å²) in [7, 11) is 1.32. The Bertz CT molecular complexity index is 392. The van der Waals surface area contributed by atoms with E-state index in [9.17, 15) is 9.90 Å². The fraction of sp³-hybridized carbons (Fsp3) is 0.462. The zero-order valence-corrected chi connectivity index (χ0v) is 10.7. The minimum Gasteiger partial charge on any atom is -0.465 e. The number of carbonyl (C=O) groups excluding carboxylic acids is 1. The van der Waals surface area contributed by atoms with Gasteiger partial charge in [-0.2, -0.15) is 0 Å². The molecule has 0 aliphatic rings. The molecular weight excluding hydrogens is 234 g/mol. The quantitative estimate of drug-likeness (QED) is 0.729. The van der Waals surface area contributed by atoms with Crippen LogP contribution in [0.4, 0.5) is 5.69 Å². The van der Waals surface area contributed by atoms with Gasteiger partial charge in [-0.3, -0.25) is 0 Å². The number of hydrogen-bond acceptors (Lipinski definition) is 5. The second-order valence-corrected chi connectivity index (χ2v) is 4.03. The molecule has 1 atom stereocenters. The van der Waals surface area contributed by atoms with Gasteiger partial charge in [0, 0.05) is 13.1 Å². The highest BCUT2D eigenvalue weighted by Gasteiger charge is 2.17. The smallest absolute Gasteiger partial charge is 0.339 e. The van der Waals surface area contributed by atoms with Gasteiger partial charge in [-0.15, -0.1) is 0 Å². The minimum absolute atomic E-state index is 0.0533. The van der Waals surface area contributed by atoms with Crippen molar-refractivity contribution in [2.45, 2.75) is 13.0 Å². The Labute approximate surface area is 107 Å². The fourth-order valence-electron chi connectivity index (χ4n) is 1.78. The Morgan fingerprint density at radius 2 is 2.11 bits per heavy atom. The van der Waals surface area contributed by atoms with Crippen molar-refractivity contribution in [2.24, 2.45) is 0 Å². The van der Waals surface area contributed by atoms with Crippen LogP contribution in [0.1, 0.15) is 17.3 Å². The Morgan fingerprint density at radius 1 is 1.44 bits per heavy atom. The predicted molar refractivity (Wildman–Crippen MR) is 68.8 cm³/mol. The number of methoxy groups -OCH3 is 1. The number of esters is 1. The third-order valence-corrected chi connectivity index (χ3v) is 2.50. The van der Waals surface area contributed by atoms with Gasteiger partial charge in [-0.1, -0.05) is 12.1 Å². The second kappa shape index (κ2) is 6.98. The molecule has 0 amide bonds. The molecule has 0 saturated carbocycles. The number of anilines is 1. The van der Waals surface area contributed by atoms with Gasteiger partial charge < -0.3 is 19.8 Å². The lowest BCUT2D eigenvalue weighted by Crippen LogP contribution is -2.34. The number of rotatable bonds is 6. The molecule has 0 radical (unpaired) electrons. The van der Waals surface area contributed by atoms with Crippen LogP contribution in [0.2, 0.25) is 0 Å². The molecule has 0 aromatic heterocycles. The van der Waals surface area contributed by atoms with Crippen molar-refractivity contribution in [2.75, 3.05) is 31.7 Å². The Balaban J connectivity index is 3.06. The van der Waals surface area contributed by atoms with Crippen LogP contribution in [0.25, 0.3) is 0 Å². The molecule has 0 bridgehead atoms. The van der Waals surface area contributed by atoms with Crippen molar-refractivity contribution >= 4 is 11.7 Å². The molecule has 100 valence electrons. The molecule has 18 heavy (non-hydrogen) atoms. The standard InChI is InChI=1S/C13H19NO4/c1-10(16)9-14(7-8-15)12-6-4-3-5-11(12)13(17)18-2/h3-6,10,15-16H,7-9H2,1-2H3. The highest BCUT2D eigenvalue weighted by molar-refractivity contribution is 5.95. The molecule has 1 rings (SSSR count). The maximum absolute atomic E-state index is 11.7. The molecule has 0 aliphatic heterocycles. The van der Waals surface area contributed by atoms with E-state index in [-0.39, 0.29) is 6.61 Å². The van der Waals surface area contributed by atoms with E-state index in [1.54, 1.807) is 36.1 Å². The number of aliphatic hydroxyl groups excluding tert-OH is 2. The van der Waals surface area contributed by atoms with Crippen LogP contribution in [-0.4, -0.2) is 49.1 Å². The first-order valence-electron chi connectivity index (χ1n) is 5.81. The van der Waals surface area contributed by atoms with Gasteiger partial charge in [-0.25, -0.2) is 4.79 Å². The van der Waals surface area contributed by atoms with Crippen LogP contribution in [0.5, 0.6) is 0 Å². The van der Waals surface area contributed by atoms with E-state index >= 15 is 0 Å². The second-order valence-electron chi connectivity index (χ2n) is 4.03. The third kappa shape index (κ3) is 3.72. The third-order valence-electron chi connectivity index (χ3n) is 2.50. The zero-order chi connectivity index (χ0) is 13.5. The van der Waals surface area contributed by atoms with E-state index in [1.807, 2.05) is 0 Å². The van der Waals surface area contributed by atoms with E-state index < -0.39 is 12.1 Å². The summed E-state index contributed by atoms with van der Waals surface area (Å²) < 4.78 is 4.72. The molecule has 2 N–H and O–H groups in total. The molecule has 5 heteroatoms. The molecule has 5 nitrogen and oxygen atoms in total. The van der Waals surface area contributed by atoms with Crippen LogP contribution in [0, 0.1) is 0 Å². The number of carbonyl (C=O) groups is 1.